The molecule has 15 heteroatoms. The number of rotatable bonds is 10. The highest BCUT2D eigenvalue weighted by atomic mass is 32.2. The Labute approximate surface area is 287 Å². The number of likely N-dealkylation sites (N-methyl/N-ethyl adjacent to an activating group) is 1. The molecule has 3 aromatic rings. The van der Waals surface area contributed by atoms with Crippen molar-refractivity contribution in [2.75, 3.05) is 45.2 Å². The molecule has 0 spiro atoms. The van der Waals surface area contributed by atoms with Crippen molar-refractivity contribution in [3.05, 3.63) is 65.5 Å². The molecule has 1 aliphatic heterocycles. The van der Waals surface area contributed by atoms with Gasteiger partial charge in [0.25, 0.3) is 26.0 Å². The second-order valence-corrected chi connectivity index (χ2v) is 16.9. The van der Waals surface area contributed by atoms with Gasteiger partial charge in [-0.15, -0.1) is 11.3 Å². The molecule has 12 nitrogen and oxygen atoms in total. The summed E-state index contributed by atoms with van der Waals surface area (Å²) in [6.45, 7) is 5.71. The molecule has 2 aromatic carbocycles. The third-order valence-electron chi connectivity index (χ3n) is 8.27. The highest BCUT2D eigenvalue weighted by Gasteiger charge is 2.33. The van der Waals surface area contributed by atoms with Gasteiger partial charge in [0.2, 0.25) is 0 Å². The number of carbonyl (C=O) groups excluding carboxylic acids is 1. The summed E-state index contributed by atoms with van der Waals surface area (Å²) in [5.41, 5.74) is 0.276. The number of aliphatic hydroxyl groups is 1. The number of benzene rings is 2. The van der Waals surface area contributed by atoms with Crippen molar-refractivity contribution in [3.63, 3.8) is 0 Å². The number of fused-ring (bicyclic) bond motifs is 1. The van der Waals surface area contributed by atoms with Crippen LogP contribution in [0.1, 0.15) is 50.4 Å². The summed E-state index contributed by atoms with van der Waals surface area (Å²) in [4.78, 5) is 15.9. The van der Waals surface area contributed by atoms with E-state index in [1.54, 1.807) is 48.7 Å². The standard InChI is InChI=1S/C33H45N3O9S3/c1-23-20-36(24(2)22-37)33(38)29-19-26(34-47(39,40)28-14-12-27(43-5)13-15-28)11-16-30(29)45-25(3)9-6-7-17-44-31(23)21-35(4)48(41,42)32-10-8-18-46-32/h8,10-16,18-19,23-25,31,34,37H,6-7,9,17,20-22H2,1-5H3/t23-,24+,25-,31+/m0/s1. The summed E-state index contributed by atoms with van der Waals surface area (Å²) < 4.78 is 74.7. The van der Waals surface area contributed by atoms with E-state index in [9.17, 15) is 26.7 Å². The molecule has 48 heavy (non-hydrogen) atoms. The van der Waals surface area contributed by atoms with Crippen LogP contribution in [0.2, 0.25) is 0 Å². The molecule has 0 unspecified atom stereocenters. The Bertz CT molecular complexity index is 1720. The van der Waals surface area contributed by atoms with E-state index in [0.717, 1.165) is 17.8 Å². The van der Waals surface area contributed by atoms with Gasteiger partial charge in [0.05, 0.1) is 42.4 Å². The molecule has 1 aliphatic rings. The topological polar surface area (TPSA) is 152 Å². The number of nitrogens with one attached hydrogen (secondary N) is 1. The minimum absolute atomic E-state index is 0.0149. The van der Waals surface area contributed by atoms with Gasteiger partial charge in [-0.3, -0.25) is 9.52 Å². The van der Waals surface area contributed by atoms with Crippen LogP contribution in [0.5, 0.6) is 11.5 Å². The molecular formula is C33H45N3O9S3. The van der Waals surface area contributed by atoms with Crippen molar-refractivity contribution in [1.29, 1.82) is 0 Å². The van der Waals surface area contributed by atoms with Crippen molar-refractivity contribution < 1.29 is 40.9 Å². The molecule has 0 aliphatic carbocycles. The molecule has 0 fully saturated rings. The van der Waals surface area contributed by atoms with Crippen molar-refractivity contribution in [2.45, 2.75) is 67.4 Å². The fraction of sp³-hybridized carbons (Fsp3) is 0.485. The van der Waals surface area contributed by atoms with E-state index in [1.165, 1.54) is 41.6 Å². The molecule has 264 valence electrons. The first-order valence-corrected chi connectivity index (χ1v) is 19.6. The van der Waals surface area contributed by atoms with Gasteiger partial charge in [0, 0.05) is 38.3 Å². The Hall–Kier alpha value is -3.21. The number of hydrogen-bond acceptors (Lipinski definition) is 10. The average Bonchev–Trinajstić information content (AvgIpc) is 3.62. The SMILES string of the molecule is COc1ccc(S(=O)(=O)Nc2ccc3c(c2)C(=O)N([C@H](C)CO)C[C@H](C)[C@@H](CN(C)S(=O)(=O)c2cccs2)OCCCC[C@H](C)O3)cc1. The van der Waals surface area contributed by atoms with Crippen LogP contribution in [0, 0.1) is 5.92 Å². The molecule has 1 aromatic heterocycles. The highest BCUT2D eigenvalue weighted by Crippen LogP contribution is 2.30. The number of ether oxygens (including phenoxy) is 3. The quantitative estimate of drug-likeness (QED) is 0.304. The molecule has 1 amide bonds. The molecule has 2 N–H and O–H groups in total. The van der Waals surface area contributed by atoms with Crippen molar-refractivity contribution in [3.8, 4) is 11.5 Å². The molecule has 0 saturated carbocycles. The second kappa shape index (κ2) is 16.5. The van der Waals surface area contributed by atoms with E-state index in [4.69, 9.17) is 14.2 Å². The lowest BCUT2D eigenvalue weighted by atomic mass is 10.0. The molecule has 4 rings (SSSR count). The molecule has 0 radical (unpaired) electrons. The molecule has 4 atom stereocenters. The first kappa shape index (κ1) is 37.6. The lowest BCUT2D eigenvalue weighted by molar-refractivity contribution is -0.00832. The summed E-state index contributed by atoms with van der Waals surface area (Å²) in [5.74, 6) is -0.0411. The van der Waals surface area contributed by atoms with Gasteiger partial charge in [-0.1, -0.05) is 13.0 Å². The van der Waals surface area contributed by atoms with Crippen LogP contribution >= 0.6 is 11.3 Å². The van der Waals surface area contributed by atoms with E-state index in [1.807, 2.05) is 13.8 Å². The first-order chi connectivity index (χ1) is 22.8. The Morgan fingerprint density at radius 2 is 1.83 bits per heavy atom. The third kappa shape index (κ3) is 9.27. The number of aliphatic hydroxyl groups excluding tert-OH is 1. The summed E-state index contributed by atoms with van der Waals surface area (Å²) in [6, 6.07) is 13.1. The minimum Gasteiger partial charge on any atom is -0.497 e. The normalized spacial score (nSPS) is 20.8. The van der Waals surface area contributed by atoms with Gasteiger partial charge in [-0.25, -0.2) is 16.8 Å². The van der Waals surface area contributed by atoms with Crippen LogP contribution in [-0.2, 0) is 24.8 Å². The van der Waals surface area contributed by atoms with Gasteiger partial charge < -0.3 is 24.2 Å². The predicted octanol–water partition coefficient (Wildman–Crippen LogP) is 4.67. The smallest absolute Gasteiger partial charge is 0.261 e. The zero-order valence-corrected chi connectivity index (χ0v) is 30.3. The van der Waals surface area contributed by atoms with Crippen molar-refractivity contribution in [1.82, 2.24) is 9.21 Å². The molecular weight excluding hydrogens is 679 g/mol. The Morgan fingerprint density at radius 3 is 2.48 bits per heavy atom. The third-order valence-corrected chi connectivity index (χ3v) is 12.9. The number of sulfonamides is 2. The van der Waals surface area contributed by atoms with Gasteiger partial charge >= 0.3 is 0 Å². The molecule has 2 heterocycles. The number of methoxy groups -OCH3 is 1. The van der Waals surface area contributed by atoms with Crippen LogP contribution in [0.15, 0.2) is 69.1 Å². The second-order valence-electron chi connectivity index (χ2n) is 12.0. The van der Waals surface area contributed by atoms with Crippen LogP contribution in [-0.4, -0.2) is 95.8 Å². The van der Waals surface area contributed by atoms with E-state index in [0.29, 0.717) is 25.2 Å². The fourth-order valence-corrected chi connectivity index (χ4v) is 8.77. The zero-order valence-electron chi connectivity index (χ0n) is 27.9. The molecule has 0 bridgehead atoms. The Kier molecular flexibility index (Phi) is 12.9. The summed E-state index contributed by atoms with van der Waals surface area (Å²) in [7, 11) is -4.76. The number of hydrogen-bond donors (Lipinski definition) is 2. The minimum atomic E-state index is -4.01. The average molecular weight is 724 g/mol. The monoisotopic (exact) mass is 723 g/mol. The lowest BCUT2D eigenvalue weighted by Crippen LogP contribution is -2.48. The summed E-state index contributed by atoms with van der Waals surface area (Å²) >= 11 is 1.14. The van der Waals surface area contributed by atoms with Gasteiger partial charge in [0.1, 0.15) is 15.7 Å². The Balaban J connectivity index is 1.67. The van der Waals surface area contributed by atoms with Gasteiger partial charge in [-0.05, 0) is 87.0 Å². The fourth-order valence-electron chi connectivity index (χ4n) is 5.33. The summed E-state index contributed by atoms with van der Waals surface area (Å²) in [6.07, 6.45) is 1.30. The van der Waals surface area contributed by atoms with Crippen LogP contribution in [0.4, 0.5) is 5.69 Å². The number of amides is 1. The van der Waals surface area contributed by atoms with Crippen molar-refractivity contribution >= 4 is 43.0 Å². The highest BCUT2D eigenvalue weighted by molar-refractivity contribution is 7.92. The van der Waals surface area contributed by atoms with Gasteiger partial charge in [-0.2, -0.15) is 4.31 Å². The zero-order chi connectivity index (χ0) is 35.1. The van der Waals surface area contributed by atoms with Crippen LogP contribution in [0.3, 0.4) is 0 Å². The van der Waals surface area contributed by atoms with E-state index < -0.39 is 38.1 Å². The first-order valence-electron chi connectivity index (χ1n) is 15.8. The number of thiophene rings is 1. The molecule has 0 saturated heterocycles. The van der Waals surface area contributed by atoms with E-state index in [-0.39, 0.29) is 57.8 Å². The lowest BCUT2D eigenvalue weighted by Gasteiger charge is -2.35. The largest absolute Gasteiger partial charge is 0.497 e. The van der Waals surface area contributed by atoms with Crippen LogP contribution in [0.25, 0.3) is 0 Å². The van der Waals surface area contributed by atoms with Crippen molar-refractivity contribution in [2.24, 2.45) is 5.92 Å². The maximum Gasteiger partial charge on any atom is 0.261 e. The predicted molar refractivity (Wildman–Crippen MR) is 185 cm³/mol. The maximum absolute atomic E-state index is 14.4. The summed E-state index contributed by atoms with van der Waals surface area (Å²) in [5, 5.41) is 11.9. The Morgan fingerprint density at radius 1 is 1.10 bits per heavy atom. The van der Waals surface area contributed by atoms with E-state index in [2.05, 4.69) is 4.72 Å². The number of carbonyl (C=O) groups is 1. The van der Waals surface area contributed by atoms with Gasteiger partial charge in [0.15, 0.2) is 0 Å². The maximum atomic E-state index is 14.4. The van der Waals surface area contributed by atoms with Crippen LogP contribution < -0.4 is 14.2 Å². The number of anilines is 1. The van der Waals surface area contributed by atoms with E-state index >= 15 is 0 Å². The number of nitrogens with zero attached hydrogens (tertiary/aromatic N) is 2.